The Hall–Kier alpha value is -3.36. The lowest BCUT2D eigenvalue weighted by molar-refractivity contribution is 0.101. The van der Waals surface area contributed by atoms with Gasteiger partial charge in [-0.2, -0.15) is 0 Å². The molecule has 0 spiro atoms. The topological polar surface area (TPSA) is 64.1 Å². The highest BCUT2D eigenvalue weighted by atomic mass is 32.2. The SMILES string of the molecule is COc1ccc(NC(=O)c2nc(SCc3ccc(F)cc3)ncc2Sc2ccccc2)cc1. The van der Waals surface area contributed by atoms with E-state index in [0.717, 1.165) is 10.5 Å². The molecule has 5 nitrogen and oxygen atoms in total. The Labute approximate surface area is 199 Å². The number of thioether (sulfide) groups is 1. The first-order valence-electron chi connectivity index (χ1n) is 10.0. The molecule has 0 saturated heterocycles. The Balaban J connectivity index is 1.57. The number of amides is 1. The molecule has 0 aliphatic heterocycles. The lowest BCUT2D eigenvalue weighted by Crippen LogP contribution is -2.16. The van der Waals surface area contributed by atoms with Crippen LogP contribution in [0.25, 0.3) is 0 Å². The average molecular weight is 478 g/mol. The van der Waals surface area contributed by atoms with Gasteiger partial charge in [-0.25, -0.2) is 14.4 Å². The van der Waals surface area contributed by atoms with Gasteiger partial charge in [0.15, 0.2) is 5.16 Å². The third-order valence-electron chi connectivity index (χ3n) is 4.55. The van der Waals surface area contributed by atoms with Gasteiger partial charge in [0.25, 0.3) is 5.91 Å². The van der Waals surface area contributed by atoms with E-state index in [1.807, 2.05) is 30.3 Å². The van der Waals surface area contributed by atoms with Crippen LogP contribution in [0.2, 0.25) is 0 Å². The number of carbonyl (C=O) groups excluding carboxylic acids is 1. The van der Waals surface area contributed by atoms with Crippen molar-refractivity contribution >= 4 is 35.1 Å². The predicted octanol–water partition coefficient (Wildman–Crippen LogP) is 6.32. The van der Waals surface area contributed by atoms with E-state index >= 15 is 0 Å². The van der Waals surface area contributed by atoms with Crippen molar-refractivity contribution in [2.24, 2.45) is 0 Å². The zero-order valence-corrected chi connectivity index (χ0v) is 19.3. The number of aromatic nitrogens is 2. The Morgan fingerprint density at radius 1 is 1.00 bits per heavy atom. The van der Waals surface area contributed by atoms with Gasteiger partial charge in [0.1, 0.15) is 17.3 Å². The number of nitrogens with zero attached hydrogens (tertiary/aromatic N) is 2. The van der Waals surface area contributed by atoms with Crippen molar-refractivity contribution in [3.63, 3.8) is 0 Å². The van der Waals surface area contributed by atoms with Gasteiger partial charge in [0, 0.05) is 22.5 Å². The molecule has 4 rings (SSSR count). The van der Waals surface area contributed by atoms with Gasteiger partial charge < -0.3 is 10.1 Å². The van der Waals surface area contributed by atoms with Crippen molar-refractivity contribution in [3.05, 3.63) is 102 Å². The zero-order valence-electron chi connectivity index (χ0n) is 17.7. The number of anilines is 1. The molecule has 0 atom stereocenters. The maximum Gasteiger partial charge on any atom is 0.275 e. The van der Waals surface area contributed by atoms with E-state index in [0.29, 0.717) is 27.2 Å². The number of hydrogen-bond donors (Lipinski definition) is 1. The molecule has 166 valence electrons. The minimum absolute atomic E-state index is 0.278. The van der Waals surface area contributed by atoms with Crippen LogP contribution < -0.4 is 10.1 Å². The van der Waals surface area contributed by atoms with Crippen LogP contribution in [0.15, 0.2) is 100 Å². The van der Waals surface area contributed by atoms with Crippen molar-refractivity contribution in [2.45, 2.75) is 20.7 Å². The smallest absolute Gasteiger partial charge is 0.275 e. The highest BCUT2D eigenvalue weighted by Crippen LogP contribution is 2.31. The molecule has 0 aliphatic carbocycles. The summed E-state index contributed by atoms with van der Waals surface area (Å²) in [5, 5.41) is 3.36. The van der Waals surface area contributed by atoms with E-state index in [9.17, 15) is 9.18 Å². The van der Waals surface area contributed by atoms with Crippen LogP contribution in [0.4, 0.5) is 10.1 Å². The number of rotatable bonds is 8. The van der Waals surface area contributed by atoms with E-state index in [1.165, 1.54) is 35.7 Å². The third-order valence-corrected chi connectivity index (χ3v) is 6.51. The Bertz CT molecular complexity index is 1220. The summed E-state index contributed by atoms with van der Waals surface area (Å²) in [6.07, 6.45) is 1.67. The largest absolute Gasteiger partial charge is 0.497 e. The lowest BCUT2D eigenvalue weighted by atomic mass is 10.2. The summed E-state index contributed by atoms with van der Waals surface area (Å²) in [7, 11) is 1.59. The van der Waals surface area contributed by atoms with Crippen LogP contribution >= 0.6 is 23.5 Å². The molecule has 0 saturated carbocycles. The van der Waals surface area contributed by atoms with Crippen molar-refractivity contribution in [1.82, 2.24) is 9.97 Å². The van der Waals surface area contributed by atoms with E-state index < -0.39 is 0 Å². The van der Waals surface area contributed by atoms with E-state index in [2.05, 4.69) is 15.3 Å². The van der Waals surface area contributed by atoms with Gasteiger partial charge in [0.2, 0.25) is 0 Å². The van der Waals surface area contributed by atoms with Gasteiger partial charge in [-0.15, -0.1) is 0 Å². The fourth-order valence-electron chi connectivity index (χ4n) is 2.87. The Morgan fingerprint density at radius 2 is 1.73 bits per heavy atom. The van der Waals surface area contributed by atoms with Crippen LogP contribution in [0.5, 0.6) is 5.75 Å². The van der Waals surface area contributed by atoms with Gasteiger partial charge in [-0.05, 0) is 54.1 Å². The van der Waals surface area contributed by atoms with Crippen molar-refractivity contribution < 1.29 is 13.9 Å². The molecule has 0 radical (unpaired) electrons. The number of benzene rings is 3. The van der Waals surface area contributed by atoms with Crippen molar-refractivity contribution in [1.29, 1.82) is 0 Å². The van der Waals surface area contributed by atoms with Crippen LogP contribution in [-0.4, -0.2) is 23.0 Å². The number of carbonyl (C=O) groups is 1. The minimum Gasteiger partial charge on any atom is -0.497 e. The quantitative estimate of drug-likeness (QED) is 0.237. The molecule has 1 N–H and O–H groups in total. The van der Waals surface area contributed by atoms with Crippen LogP contribution in [-0.2, 0) is 5.75 Å². The highest BCUT2D eigenvalue weighted by molar-refractivity contribution is 7.99. The molecule has 1 aromatic heterocycles. The predicted molar refractivity (Wildman–Crippen MR) is 130 cm³/mol. The maximum atomic E-state index is 13.2. The summed E-state index contributed by atoms with van der Waals surface area (Å²) < 4.78 is 18.3. The molecule has 1 amide bonds. The Kier molecular flexibility index (Phi) is 7.59. The summed E-state index contributed by atoms with van der Waals surface area (Å²) in [5.41, 5.74) is 1.86. The third kappa shape index (κ3) is 6.34. The Morgan fingerprint density at radius 3 is 2.42 bits per heavy atom. The monoisotopic (exact) mass is 477 g/mol. The second-order valence-electron chi connectivity index (χ2n) is 6.88. The first-order valence-corrected chi connectivity index (χ1v) is 11.8. The van der Waals surface area contributed by atoms with Crippen LogP contribution in [0, 0.1) is 5.82 Å². The van der Waals surface area contributed by atoms with Gasteiger partial charge >= 0.3 is 0 Å². The summed E-state index contributed by atoms with van der Waals surface area (Å²) in [4.78, 5) is 23.8. The minimum atomic E-state index is -0.329. The van der Waals surface area contributed by atoms with Crippen LogP contribution in [0.1, 0.15) is 16.1 Å². The standard InChI is InChI=1S/C25H20FN3O2S2/c1-31-20-13-11-19(12-14-20)28-24(30)23-22(33-21-5-3-2-4-6-21)15-27-25(29-23)32-16-17-7-9-18(26)10-8-17/h2-15H,16H2,1H3,(H,28,30). The number of nitrogens with one attached hydrogen (secondary N) is 1. The maximum absolute atomic E-state index is 13.2. The molecule has 33 heavy (non-hydrogen) atoms. The molecule has 0 aliphatic rings. The van der Waals surface area contributed by atoms with E-state index in [4.69, 9.17) is 4.74 Å². The van der Waals surface area contributed by atoms with Crippen molar-refractivity contribution in [3.8, 4) is 5.75 Å². The van der Waals surface area contributed by atoms with Crippen molar-refractivity contribution in [2.75, 3.05) is 12.4 Å². The van der Waals surface area contributed by atoms with Gasteiger partial charge in [-0.3, -0.25) is 4.79 Å². The van der Waals surface area contributed by atoms with Gasteiger partial charge in [-0.1, -0.05) is 53.9 Å². The summed E-state index contributed by atoms with van der Waals surface area (Å²) in [6, 6.07) is 23.1. The van der Waals surface area contributed by atoms with E-state index in [1.54, 1.807) is 49.7 Å². The summed E-state index contributed by atoms with van der Waals surface area (Å²) >= 11 is 2.81. The second kappa shape index (κ2) is 11.0. The lowest BCUT2D eigenvalue weighted by Gasteiger charge is -2.11. The molecule has 0 bridgehead atoms. The number of methoxy groups -OCH3 is 1. The first kappa shape index (κ1) is 22.8. The molecule has 1 heterocycles. The molecular formula is C25H20FN3O2S2. The molecule has 0 unspecified atom stereocenters. The normalized spacial score (nSPS) is 10.6. The first-order chi connectivity index (χ1) is 16.1. The highest BCUT2D eigenvalue weighted by Gasteiger charge is 2.17. The van der Waals surface area contributed by atoms with E-state index in [-0.39, 0.29) is 17.4 Å². The van der Waals surface area contributed by atoms with Crippen LogP contribution in [0.3, 0.4) is 0 Å². The fourth-order valence-corrected chi connectivity index (χ4v) is 4.53. The fraction of sp³-hybridized carbons (Fsp3) is 0.0800. The van der Waals surface area contributed by atoms with Gasteiger partial charge in [0.05, 0.1) is 12.0 Å². The molecule has 3 aromatic carbocycles. The molecule has 4 aromatic rings. The number of hydrogen-bond acceptors (Lipinski definition) is 6. The number of halogens is 1. The molecular weight excluding hydrogens is 457 g/mol. The number of ether oxygens (including phenoxy) is 1. The second-order valence-corrected chi connectivity index (χ2v) is 8.94. The molecule has 8 heteroatoms. The average Bonchev–Trinajstić information content (AvgIpc) is 2.85. The zero-order chi connectivity index (χ0) is 23.0. The summed E-state index contributed by atoms with van der Waals surface area (Å²) in [5.74, 6) is 0.657. The summed E-state index contributed by atoms with van der Waals surface area (Å²) in [6.45, 7) is 0. The molecule has 0 fully saturated rings.